The standard InChI is InChI=1S/C32H51NO3.C5H10.C3H8/c1-9-20-32(6,29-26(10-2)18-19-28(34)30(29)35)24(5)31(36-8)27(17-16-23(3)4)22-33(7)21-25-14-12-11-13-15-25;1-2-5-3-4-5;1-3-2/h11-15,18-19,23-24,27,31,34-35H,9-10,16-17,20-22H2,1-8H3;5H,2-4H2,1H3;3H2,1-2H3/t24?,27?,31?,32-;;/m0../s1. The smallest absolute Gasteiger partial charge is 0.161 e. The Balaban J connectivity index is 0.00000106. The number of benzene rings is 2. The first kappa shape index (κ1) is 40.0. The van der Waals surface area contributed by atoms with Gasteiger partial charge in [0.25, 0.3) is 0 Å². The minimum absolute atomic E-state index is 0.0185. The fourth-order valence-corrected chi connectivity index (χ4v) is 6.61. The molecule has 3 rings (SSSR count). The lowest BCUT2D eigenvalue weighted by Gasteiger charge is -2.44. The highest BCUT2D eigenvalue weighted by molar-refractivity contribution is 5.53. The van der Waals surface area contributed by atoms with Crippen LogP contribution in [0, 0.1) is 23.7 Å². The molecule has 3 unspecified atom stereocenters. The van der Waals surface area contributed by atoms with E-state index >= 15 is 0 Å². The topological polar surface area (TPSA) is 52.9 Å². The van der Waals surface area contributed by atoms with Gasteiger partial charge in [-0.2, -0.15) is 0 Å². The van der Waals surface area contributed by atoms with E-state index in [1.807, 2.05) is 13.2 Å². The van der Waals surface area contributed by atoms with Crippen molar-refractivity contribution in [3.8, 4) is 11.5 Å². The van der Waals surface area contributed by atoms with Crippen LogP contribution in [0.4, 0.5) is 0 Å². The van der Waals surface area contributed by atoms with Gasteiger partial charge in [0.1, 0.15) is 0 Å². The Morgan fingerprint density at radius 3 is 2.00 bits per heavy atom. The van der Waals surface area contributed by atoms with Gasteiger partial charge in [0.2, 0.25) is 0 Å². The summed E-state index contributed by atoms with van der Waals surface area (Å²) in [7, 11) is 4.05. The lowest BCUT2D eigenvalue weighted by Crippen LogP contribution is -2.45. The minimum atomic E-state index is -0.336. The summed E-state index contributed by atoms with van der Waals surface area (Å²) in [6.07, 6.45) is 10.7. The Labute approximate surface area is 272 Å². The molecule has 0 heterocycles. The minimum Gasteiger partial charge on any atom is -0.504 e. The molecule has 2 N–H and O–H groups in total. The van der Waals surface area contributed by atoms with Crippen molar-refractivity contribution >= 4 is 0 Å². The maximum atomic E-state index is 11.1. The van der Waals surface area contributed by atoms with Crippen molar-refractivity contribution < 1.29 is 14.9 Å². The van der Waals surface area contributed by atoms with Crippen LogP contribution in [0.5, 0.6) is 11.5 Å². The normalized spacial score (nSPS) is 16.3. The van der Waals surface area contributed by atoms with E-state index in [-0.39, 0.29) is 28.9 Å². The number of hydrogen-bond acceptors (Lipinski definition) is 4. The molecule has 0 spiro atoms. The second-order valence-corrected chi connectivity index (χ2v) is 13.9. The molecule has 2 aromatic rings. The molecule has 1 fully saturated rings. The van der Waals surface area contributed by atoms with Gasteiger partial charge in [0.05, 0.1) is 6.10 Å². The van der Waals surface area contributed by atoms with Crippen molar-refractivity contribution in [1.29, 1.82) is 0 Å². The molecular formula is C40H69NO3. The van der Waals surface area contributed by atoms with Gasteiger partial charge in [-0.1, -0.05) is 137 Å². The van der Waals surface area contributed by atoms with Crippen LogP contribution in [0.3, 0.4) is 0 Å². The highest BCUT2D eigenvalue weighted by atomic mass is 16.5. The van der Waals surface area contributed by atoms with Crippen molar-refractivity contribution in [2.45, 2.75) is 138 Å². The third-order valence-corrected chi connectivity index (χ3v) is 9.43. The summed E-state index contributed by atoms with van der Waals surface area (Å²) in [5.41, 5.74) is 2.97. The number of ether oxygens (including phenoxy) is 1. The Bertz CT molecular complexity index is 1020. The van der Waals surface area contributed by atoms with E-state index in [2.05, 4.69) is 105 Å². The van der Waals surface area contributed by atoms with E-state index in [1.165, 1.54) is 31.2 Å². The quantitative estimate of drug-likeness (QED) is 0.185. The van der Waals surface area contributed by atoms with Crippen LogP contribution in [0.15, 0.2) is 42.5 Å². The summed E-state index contributed by atoms with van der Waals surface area (Å²) in [4.78, 5) is 2.42. The average molecular weight is 612 g/mol. The first-order valence-corrected chi connectivity index (χ1v) is 17.7. The fraction of sp³-hybridized carbons (Fsp3) is 0.700. The van der Waals surface area contributed by atoms with Gasteiger partial charge in [-0.15, -0.1) is 0 Å². The average Bonchev–Trinajstić information content (AvgIpc) is 3.83. The van der Waals surface area contributed by atoms with Gasteiger partial charge in [0.15, 0.2) is 11.5 Å². The van der Waals surface area contributed by atoms with Crippen LogP contribution in [0.2, 0.25) is 0 Å². The van der Waals surface area contributed by atoms with Gasteiger partial charge >= 0.3 is 0 Å². The molecule has 0 amide bonds. The summed E-state index contributed by atoms with van der Waals surface area (Å²) in [5.74, 6) is 2.25. The molecule has 252 valence electrons. The lowest BCUT2D eigenvalue weighted by atomic mass is 9.63. The molecule has 0 aromatic heterocycles. The monoisotopic (exact) mass is 612 g/mol. The highest BCUT2D eigenvalue weighted by Gasteiger charge is 2.43. The van der Waals surface area contributed by atoms with Gasteiger partial charge in [0, 0.05) is 31.2 Å². The molecule has 1 saturated carbocycles. The molecule has 44 heavy (non-hydrogen) atoms. The predicted octanol–water partition coefficient (Wildman–Crippen LogP) is 10.8. The summed E-state index contributed by atoms with van der Waals surface area (Å²) in [5, 5.41) is 21.6. The first-order chi connectivity index (χ1) is 20.9. The van der Waals surface area contributed by atoms with Gasteiger partial charge < -0.3 is 19.8 Å². The van der Waals surface area contributed by atoms with Gasteiger partial charge in [-0.3, -0.25) is 0 Å². The number of hydrogen-bond donors (Lipinski definition) is 2. The van der Waals surface area contributed by atoms with Crippen LogP contribution >= 0.6 is 0 Å². The van der Waals surface area contributed by atoms with E-state index in [9.17, 15) is 10.2 Å². The summed E-state index contributed by atoms with van der Waals surface area (Å²) in [6.45, 7) is 21.8. The van der Waals surface area contributed by atoms with Crippen molar-refractivity contribution in [1.82, 2.24) is 4.90 Å². The second-order valence-electron chi connectivity index (χ2n) is 13.9. The number of nitrogens with zero attached hydrogens (tertiary/aromatic N) is 1. The number of phenolic OH excluding ortho intramolecular Hbond substituents is 2. The first-order valence-electron chi connectivity index (χ1n) is 17.7. The number of aromatic hydroxyl groups is 2. The molecule has 4 atom stereocenters. The number of rotatable bonds is 16. The fourth-order valence-electron chi connectivity index (χ4n) is 6.61. The SMILES string of the molecule is CCC.CCC1CC1.CCC[C@](C)(c1c(CC)ccc(O)c1O)C(C)C(OC)C(CCC(C)C)CN(C)Cc1ccccc1. The van der Waals surface area contributed by atoms with E-state index in [0.29, 0.717) is 11.8 Å². The summed E-state index contributed by atoms with van der Waals surface area (Å²) in [6, 6.07) is 14.2. The molecule has 2 aromatic carbocycles. The van der Waals surface area contributed by atoms with Crippen molar-refractivity contribution in [2.75, 3.05) is 20.7 Å². The summed E-state index contributed by atoms with van der Waals surface area (Å²) >= 11 is 0. The Kier molecular flexibility index (Phi) is 19.0. The van der Waals surface area contributed by atoms with E-state index in [1.54, 1.807) is 6.07 Å². The third kappa shape index (κ3) is 12.8. The molecule has 0 aliphatic heterocycles. The molecule has 4 heteroatoms. The summed E-state index contributed by atoms with van der Waals surface area (Å²) < 4.78 is 6.34. The van der Waals surface area contributed by atoms with Crippen LogP contribution in [-0.4, -0.2) is 41.9 Å². The predicted molar refractivity (Wildman–Crippen MR) is 191 cm³/mol. The molecule has 0 saturated heterocycles. The van der Waals surface area contributed by atoms with Crippen LogP contribution in [0.1, 0.15) is 130 Å². The van der Waals surface area contributed by atoms with Crippen LogP contribution < -0.4 is 0 Å². The van der Waals surface area contributed by atoms with Crippen LogP contribution in [-0.2, 0) is 23.1 Å². The maximum absolute atomic E-state index is 11.1. The Morgan fingerprint density at radius 1 is 0.932 bits per heavy atom. The molecular weight excluding hydrogens is 542 g/mol. The van der Waals surface area contributed by atoms with E-state index in [0.717, 1.165) is 62.2 Å². The van der Waals surface area contributed by atoms with Crippen molar-refractivity contribution in [3.63, 3.8) is 0 Å². The zero-order valence-corrected chi connectivity index (χ0v) is 30.5. The van der Waals surface area contributed by atoms with Crippen LogP contribution in [0.25, 0.3) is 0 Å². The van der Waals surface area contributed by atoms with Crippen molar-refractivity contribution in [2.24, 2.45) is 23.7 Å². The number of aryl methyl sites for hydroxylation is 1. The Morgan fingerprint density at radius 2 is 1.55 bits per heavy atom. The molecule has 4 nitrogen and oxygen atoms in total. The second kappa shape index (κ2) is 20.9. The Hall–Kier alpha value is -2.04. The maximum Gasteiger partial charge on any atom is 0.161 e. The number of methoxy groups -OCH3 is 1. The van der Waals surface area contributed by atoms with Gasteiger partial charge in [-0.25, -0.2) is 0 Å². The molecule has 1 aliphatic rings. The van der Waals surface area contributed by atoms with Crippen molar-refractivity contribution in [3.05, 3.63) is 59.2 Å². The number of phenols is 2. The lowest BCUT2D eigenvalue weighted by molar-refractivity contribution is -0.0298. The van der Waals surface area contributed by atoms with E-state index < -0.39 is 0 Å². The highest BCUT2D eigenvalue weighted by Crippen LogP contribution is 2.49. The molecule has 0 bridgehead atoms. The molecule has 1 aliphatic carbocycles. The van der Waals surface area contributed by atoms with E-state index in [4.69, 9.17) is 4.74 Å². The zero-order valence-electron chi connectivity index (χ0n) is 30.5. The zero-order chi connectivity index (χ0) is 33.3. The molecule has 0 radical (unpaired) electrons. The third-order valence-electron chi connectivity index (χ3n) is 9.43. The van der Waals surface area contributed by atoms with Gasteiger partial charge in [-0.05, 0) is 67.2 Å². The largest absolute Gasteiger partial charge is 0.504 e.